The smallest absolute Gasteiger partial charge is 0.392 e. The second-order valence-corrected chi connectivity index (χ2v) is 2.22. The van der Waals surface area contributed by atoms with Gasteiger partial charge in [-0.1, -0.05) is 17.4 Å². The molecule has 0 atom stereocenters. The minimum Gasteiger partial charge on any atom is -0.392 e. The number of hydrogen-bond acceptors (Lipinski definition) is 1. The zero-order valence-electron chi connectivity index (χ0n) is 5.69. The van der Waals surface area contributed by atoms with Gasteiger partial charge >= 0.3 is 6.18 Å². The normalized spacial score (nSPS) is 10.7. The molecule has 1 nitrogen and oxygen atoms in total. The quantitative estimate of drug-likeness (QED) is 0.619. The van der Waals surface area contributed by atoms with Crippen molar-refractivity contribution in [3.63, 3.8) is 0 Å². The van der Waals surface area contributed by atoms with Crippen LogP contribution in [0, 0.1) is 6.20 Å². The van der Waals surface area contributed by atoms with E-state index in [2.05, 4.69) is 11.2 Å². The van der Waals surface area contributed by atoms with E-state index in [9.17, 15) is 13.2 Å². The monoisotopic (exact) mass is 225 g/mol. The van der Waals surface area contributed by atoms with E-state index in [0.717, 1.165) is 6.07 Å². The Morgan fingerprint density at radius 2 is 2.00 bits per heavy atom. The Labute approximate surface area is 90.7 Å². The fourth-order valence-corrected chi connectivity index (χ4v) is 0.691. The third-order valence-corrected chi connectivity index (χ3v) is 1.18. The van der Waals surface area contributed by atoms with Gasteiger partial charge in [-0.05, 0) is 5.56 Å². The summed E-state index contributed by atoms with van der Waals surface area (Å²) >= 11 is 5.23. The minimum absolute atomic E-state index is 0. The summed E-state index contributed by atoms with van der Waals surface area (Å²) in [6.45, 7) is 0. The van der Waals surface area contributed by atoms with E-state index in [1.807, 2.05) is 0 Å². The molecule has 0 fully saturated rings. The second-order valence-electron chi connectivity index (χ2n) is 1.82. The Balaban J connectivity index is 0.00000121. The van der Waals surface area contributed by atoms with E-state index < -0.39 is 11.7 Å². The summed E-state index contributed by atoms with van der Waals surface area (Å²) in [6.07, 6.45) is -1.55. The second kappa shape index (κ2) is 4.37. The topological polar surface area (TPSA) is 12.9 Å². The summed E-state index contributed by atoms with van der Waals surface area (Å²) < 4.78 is 35.6. The average Bonchev–Trinajstić information content (AvgIpc) is 1.86. The Kier molecular flexibility index (Phi) is 4.40. The fraction of sp³-hybridized carbons (Fsp3) is 0.167. The van der Waals surface area contributed by atoms with Gasteiger partial charge in [0.05, 0.1) is 0 Å². The molecular weight excluding hydrogens is 223 g/mol. The van der Waals surface area contributed by atoms with Crippen molar-refractivity contribution in [2.24, 2.45) is 0 Å². The molecule has 0 saturated heterocycles. The largest absolute Gasteiger partial charge is 0.396 e. The molecule has 0 aromatic carbocycles. The van der Waals surface area contributed by atoms with Crippen molar-refractivity contribution < 1.29 is 39.0 Å². The first kappa shape index (κ1) is 12.1. The molecule has 0 aliphatic heterocycles. The number of pyridine rings is 1. The van der Waals surface area contributed by atoms with Gasteiger partial charge < -0.3 is 4.98 Å². The third-order valence-electron chi connectivity index (χ3n) is 0.985. The Hall–Kier alpha value is 0.100. The molecule has 0 unspecified atom stereocenters. The number of aromatic nitrogens is 1. The van der Waals surface area contributed by atoms with Crippen molar-refractivity contribution in [3.8, 4) is 0 Å². The number of hydrogen-bond donors (Lipinski definition) is 0. The van der Waals surface area contributed by atoms with Crippen LogP contribution >= 0.6 is 11.6 Å². The standard InChI is InChI=1S/C6H2ClF3N.Sc/c7-5-1-4(2-11-3-5)6(8,9)10;/h1-2H;/q-1;. The number of halogens is 4. The van der Waals surface area contributed by atoms with E-state index in [4.69, 9.17) is 11.6 Å². The van der Waals surface area contributed by atoms with Crippen LogP contribution in [0.25, 0.3) is 0 Å². The van der Waals surface area contributed by atoms with Crippen LogP contribution in [0.3, 0.4) is 0 Å². The third kappa shape index (κ3) is 3.23. The molecule has 0 spiro atoms. The van der Waals surface area contributed by atoms with Crippen LogP contribution in [0.1, 0.15) is 5.56 Å². The molecule has 63 valence electrons. The summed E-state index contributed by atoms with van der Waals surface area (Å²) in [7, 11) is 0. The van der Waals surface area contributed by atoms with Crippen LogP contribution in [-0.4, -0.2) is 4.98 Å². The molecular formula is C6H2ClF3NSc-. The van der Waals surface area contributed by atoms with Crippen LogP contribution in [0.4, 0.5) is 13.2 Å². The maximum Gasteiger partial charge on any atom is 0.396 e. The number of rotatable bonds is 0. The van der Waals surface area contributed by atoms with Gasteiger partial charge in [0.1, 0.15) is 0 Å². The van der Waals surface area contributed by atoms with E-state index in [0.29, 0.717) is 6.20 Å². The van der Waals surface area contributed by atoms with Crippen LogP contribution in [0.5, 0.6) is 0 Å². The van der Waals surface area contributed by atoms with Crippen molar-refractivity contribution in [3.05, 3.63) is 29.0 Å². The molecule has 0 saturated carbocycles. The van der Waals surface area contributed by atoms with Crippen molar-refractivity contribution in [2.75, 3.05) is 0 Å². The maximum absolute atomic E-state index is 11.9. The Morgan fingerprint density at radius 1 is 1.42 bits per heavy atom. The first-order chi connectivity index (χ1) is 5.00. The van der Waals surface area contributed by atoms with Gasteiger partial charge in [0.15, 0.2) is 0 Å². The van der Waals surface area contributed by atoms with Crippen LogP contribution in [-0.2, 0) is 32.0 Å². The van der Waals surface area contributed by atoms with Gasteiger partial charge in [-0.3, -0.25) is 0 Å². The van der Waals surface area contributed by atoms with Gasteiger partial charge in [0.25, 0.3) is 0 Å². The summed E-state index contributed by atoms with van der Waals surface area (Å²) in [5.41, 5.74) is -0.860. The van der Waals surface area contributed by atoms with Crippen molar-refractivity contribution >= 4 is 11.6 Å². The molecule has 1 aromatic heterocycles. The number of nitrogens with zero attached hydrogens (tertiary/aromatic N) is 1. The van der Waals surface area contributed by atoms with E-state index >= 15 is 0 Å². The van der Waals surface area contributed by atoms with E-state index in [1.54, 1.807) is 0 Å². The zero-order chi connectivity index (χ0) is 8.48. The van der Waals surface area contributed by atoms with Gasteiger partial charge in [-0.2, -0.15) is 13.2 Å². The van der Waals surface area contributed by atoms with E-state index in [1.165, 1.54) is 0 Å². The first-order valence-electron chi connectivity index (χ1n) is 2.60. The summed E-state index contributed by atoms with van der Waals surface area (Å²) in [5, 5.41) is -0.139. The first-order valence-corrected chi connectivity index (χ1v) is 2.98. The van der Waals surface area contributed by atoms with Gasteiger partial charge in [0, 0.05) is 25.8 Å². The van der Waals surface area contributed by atoms with Crippen LogP contribution in [0.15, 0.2) is 12.3 Å². The molecule has 0 bridgehead atoms. The van der Waals surface area contributed by atoms with Gasteiger partial charge in [-0.25, -0.2) is 0 Å². The SMILES string of the molecule is FC(F)(F)c1cn[c-]c(Cl)c1.[Sc]. The summed E-state index contributed by atoms with van der Waals surface area (Å²) in [4.78, 5) is 3.17. The molecule has 0 aliphatic carbocycles. The van der Waals surface area contributed by atoms with Crippen LogP contribution in [0.2, 0.25) is 5.02 Å². The molecule has 12 heavy (non-hydrogen) atoms. The average molecular weight is 225 g/mol. The molecule has 0 amide bonds. The molecule has 1 rings (SSSR count). The maximum atomic E-state index is 11.9. The molecule has 1 heterocycles. The van der Waals surface area contributed by atoms with Crippen molar-refractivity contribution in [1.29, 1.82) is 0 Å². The molecule has 1 aromatic rings. The predicted molar refractivity (Wildman–Crippen MR) is 33.1 cm³/mol. The summed E-state index contributed by atoms with van der Waals surface area (Å²) in [6, 6.07) is 0.772. The van der Waals surface area contributed by atoms with Gasteiger partial charge in [-0.15, -0.1) is 17.7 Å². The Bertz CT molecular complexity index is 263. The fourth-order valence-electron chi connectivity index (χ4n) is 0.525. The summed E-state index contributed by atoms with van der Waals surface area (Å²) in [5.74, 6) is 0. The minimum atomic E-state index is -4.38. The molecule has 0 aliphatic rings. The van der Waals surface area contributed by atoms with Crippen molar-refractivity contribution in [2.45, 2.75) is 6.18 Å². The molecule has 0 N–H and O–H groups in total. The number of alkyl halides is 3. The zero-order valence-corrected chi connectivity index (χ0v) is 8.25. The van der Waals surface area contributed by atoms with Crippen LogP contribution < -0.4 is 0 Å². The molecule has 1 radical (unpaired) electrons. The van der Waals surface area contributed by atoms with E-state index in [-0.39, 0.29) is 30.9 Å². The predicted octanol–water partition coefficient (Wildman–Crippen LogP) is 2.55. The molecule has 6 heteroatoms. The van der Waals surface area contributed by atoms with Crippen molar-refractivity contribution in [1.82, 2.24) is 4.98 Å². The Morgan fingerprint density at radius 3 is 2.33 bits per heavy atom. The van der Waals surface area contributed by atoms with Gasteiger partial charge in [0.2, 0.25) is 0 Å².